The van der Waals surface area contributed by atoms with Gasteiger partial charge in [0.05, 0.1) is 18.5 Å². The van der Waals surface area contributed by atoms with E-state index in [-0.39, 0.29) is 11.7 Å². The molecule has 3 rings (SSSR count). The summed E-state index contributed by atoms with van der Waals surface area (Å²) in [7, 11) is 3.39. The van der Waals surface area contributed by atoms with E-state index in [4.69, 9.17) is 4.74 Å². The van der Waals surface area contributed by atoms with Crippen molar-refractivity contribution in [2.75, 3.05) is 45.7 Å². The molecular formula is C19H23FN4O2. The lowest BCUT2D eigenvalue weighted by Gasteiger charge is -2.34. The van der Waals surface area contributed by atoms with Crippen molar-refractivity contribution < 1.29 is 13.9 Å². The number of hydrogen-bond acceptors (Lipinski definition) is 5. The molecule has 7 heteroatoms. The molecule has 6 nitrogen and oxygen atoms in total. The first-order valence-electron chi connectivity index (χ1n) is 8.59. The molecule has 0 bridgehead atoms. The number of nitrogens with zero attached hydrogens (tertiary/aromatic N) is 3. The first kappa shape index (κ1) is 18.1. The van der Waals surface area contributed by atoms with Gasteiger partial charge in [-0.2, -0.15) is 0 Å². The zero-order chi connectivity index (χ0) is 18.5. The molecule has 1 aliphatic rings. The Morgan fingerprint density at radius 1 is 1.27 bits per heavy atom. The maximum Gasteiger partial charge on any atom is 0.254 e. The molecule has 2 aromatic rings. The largest absolute Gasteiger partial charge is 0.495 e. The summed E-state index contributed by atoms with van der Waals surface area (Å²) in [5.41, 5.74) is 1.89. The third-order valence-electron chi connectivity index (χ3n) is 4.59. The molecule has 1 fully saturated rings. The predicted octanol–water partition coefficient (Wildman–Crippen LogP) is 2.23. The molecule has 2 heterocycles. The van der Waals surface area contributed by atoms with E-state index in [0.29, 0.717) is 49.7 Å². The van der Waals surface area contributed by atoms with E-state index >= 15 is 0 Å². The number of pyridine rings is 1. The lowest BCUT2D eigenvalue weighted by molar-refractivity contribution is 0.0625. The van der Waals surface area contributed by atoms with Gasteiger partial charge >= 0.3 is 0 Å². The van der Waals surface area contributed by atoms with E-state index in [2.05, 4.69) is 15.2 Å². The average molecular weight is 358 g/mol. The first-order valence-corrected chi connectivity index (χ1v) is 8.59. The number of carbonyl (C=O) groups excluding carboxylic acids is 1. The second kappa shape index (κ2) is 8.14. The Bertz CT molecular complexity index is 776. The van der Waals surface area contributed by atoms with Crippen LogP contribution in [0.25, 0.3) is 0 Å². The Hall–Kier alpha value is -2.67. The van der Waals surface area contributed by atoms with Crippen LogP contribution in [-0.4, -0.2) is 61.0 Å². The number of anilines is 1. The van der Waals surface area contributed by atoms with Crippen LogP contribution in [0.1, 0.15) is 16.1 Å². The quantitative estimate of drug-likeness (QED) is 0.888. The number of rotatable bonds is 5. The second-order valence-electron chi connectivity index (χ2n) is 6.17. The molecule has 0 radical (unpaired) electrons. The zero-order valence-electron chi connectivity index (χ0n) is 15.0. The molecule has 0 aliphatic carbocycles. The fraction of sp³-hybridized carbons (Fsp3) is 0.368. The number of ether oxygens (including phenoxy) is 1. The number of carbonyl (C=O) groups is 1. The Kier molecular flexibility index (Phi) is 5.68. The van der Waals surface area contributed by atoms with Crippen LogP contribution in [0.3, 0.4) is 0 Å². The van der Waals surface area contributed by atoms with Gasteiger partial charge in [-0.15, -0.1) is 0 Å². The zero-order valence-corrected chi connectivity index (χ0v) is 15.0. The van der Waals surface area contributed by atoms with Crippen LogP contribution in [0, 0.1) is 5.82 Å². The highest BCUT2D eigenvalue weighted by Gasteiger charge is 2.23. The summed E-state index contributed by atoms with van der Waals surface area (Å²) in [6.45, 7) is 3.03. The van der Waals surface area contributed by atoms with Crippen LogP contribution < -0.4 is 10.1 Å². The normalized spacial score (nSPS) is 15.0. The molecule has 0 saturated carbocycles. The molecule has 138 valence electrons. The number of nitrogens with one attached hydrogen (secondary N) is 1. The van der Waals surface area contributed by atoms with Crippen molar-refractivity contribution in [3.63, 3.8) is 0 Å². The Labute approximate surface area is 152 Å². The van der Waals surface area contributed by atoms with Gasteiger partial charge in [-0.3, -0.25) is 14.7 Å². The van der Waals surface area contributed by atoms with Crippen molar-refractivity contribution in [1.29, 1.82) is 0 Å². The molecule has 1 saturated heterocycles. The molecule has 1 aliphatic heterocycles. The third-order valence-corrected chi connectivity index (χ3v) is 4.59. The minimum atomic E-state index is -0.289. The van der Waals surface area contributed by atoms with Crippen molar-refractivity contribution in [2.24, 2.45) is 0 Å². The lowest BCUT2D eigenvalue weighted by Crippen LogP contribution is -2.48. The van der Waals surface area contributed by atoms with Crippen molar-refractivity contribution >= 4 is 11.6 Å². The van der Waals surface area contributed by atoms with E-state index in [1.807, 2.05) is 18.0 Å². The highest BCUT2D eigenvalue weighted by molar-refractivity contribution is 5.95. The van der Waals surface area contributed by atoms with Gasteiger partial charge in [0.2, 0.25) is 0 Å². The van der Waals surface area contributed by atoms with Crippen LogP contribution in [0.15, 0.2) is 36.5 Å². The number of aromatic nitrogens is 1. The van der Waals surface area contributed by atoms with Gasteiger partial charge in [0, 0.05) is 51.5 Å². The minimum absolute atomic E-state index is 0.0189. The van der Waals surface area contributed by atoms with E-state index in [1.54, 1.807) is 31.5 Å². The summed E-state index contributed by atoms with van der Waals surface area (Å²) < 4.78 is 19.1. The van der Waals surface area contributed by atoms with Crippen LogP contribution in [0.2, 0.25) is 0 Å². The minimum Gasteiger partial charge on any atom is -0.495 e. The maximum absolute atomic E-state index is 13.7. The van der Waals surface area contributed by atoms with E-state index in [0.717, 1.165) is 5.69 Å². The third kappa shape index (κ3) is 3.94. The van der Waals surface area contributed by atoms with Crippen molar-refractivity contribution in [1.82, 2.24) is 14.8 Å². The van der Waals surface area contributed by atoms with Gasteiger partial charge in [-0.25, -0.2) is 4.39 Å². The summed E-state index contributed by atoms with van der Waals surface area (Å²) in [6.07, 6.45) is 1.60. The summed E-state index contributed by atoms with van der Waals surface area (Å²) >= 11 is 0. The van der Waals surface area contributed by atoms with E-state index in [9.17, 15) is 9.18 Å². The highest BCUT2D eigenvalue weighted by atomic mass is 19.1. The molecule has 1 N–H and O–H groups in total. The van der Waals surface area contributed by atoms with E-state index < -0.39 is 0 Å². The van der Waals surface area contributed by atoms with Gasteiger partial charge < -0.3 is 15.0 Å². The van der Waals surface area contributed by atoms with Gasteiger partial charge in [-0.05, 0) is 30.3 Å². The molecule has 26 heavy (non-hydrogen) atoms. The molecule has 0 spiro atoms. The lowest BCUT2D eigenvalue weighted by atomic mass is 10.1. The topological polar surface area (TPSA) is 57.7 Å². The van der Waals surface area contributed by atoms with E-state index in [1.165, 1.54) is 6.07 Å². The number of halogens is 1. The molecule has 1 aromatic carbocycles. The monoisotopic (exact) mass is 358 g/mol. The molecular weight excluding hydrogens is 335 g/mol. The Morgan fingerprint density at radius 3 is 2.69 bits per heavy atom. The molecule has 0 atom stereocenters. The second-order valence-corrected chi connectivity index (χ2v) is 6.17. The number of hydrogen-bond donors (Lipinski definition) is 1. The van der Waals surface area contributed by atoms with Crippen LogP contribution in [0.4, 0.5) is 10.1 Å². The van der Waals surface area contributed by atoms with Gasteiger partial charge in [0.25, 0.3) is 5.91 Å². The maximum atomic E-state index is 13.7. The molecule has 0 unspecified atom stereocenters. The number of piperazine rings is 1. The number of benzene rings is 1. The summed E-state index contributed by atoms with van der Waals surface area (Å²) in [5.74, 6) is 0.333. The number of amides is 1. The van der Waals surface area contributed by atoms with Crippen LogP contribution in [-0.2, 0) is 6.54 Å². The first-order chi connectivity index (χ1) is 12.6. The smallest absolute Gasteiger partial charge is 0.254 e. The van der Waals surface area contributed by atoms with Crippen LogP contribution >= 0.6 is 0 Å². The summed E-state index contributed by atoms with van der Waals surface area (Å²) in [5, 5.41) is 3.03. The fourth-order valence-corrected chi connectivity index (χ4v) is 3.07. The number of methoxy groups -OCH3 is 1. The van der Waals surface area contributed by atoms with Crippen molar-refractivity contribution in [3.05, 3.63) is 53.6 Å². The Balaban J connectivity index is 1.61. The fourth-order valence-electron chi connectivity index (χ4n) is 3.07. The predicted molar refractivity (Wildman–Crippen MR) is 97.9 cm³/mol. The molecule has 1 amide bonds. The van der Waals surface area contributed by atoms with Crippen molar-refractivity contribution in [3.8, 4) is 5.75 Å². The standard InChI is InChI=1S/C19H23FN4O2/c1-21-16-6-5-14(12-18(16)26-2)19(25)24-10-8-23(9-11-24)13-17-15(20)4-3-7-22-17/h3-7,12,21H,8-11,13H2,1-2H3. The van der Waals surface area contributed by atoms with Crippen molar-refractivity contribution in [2.45, 2.75) is 6.54 Å². The highest BCUT2D eigenvalue weighted by Crippen LogP contribution is 2.25. The van der Waals surface area contributed by atoms with Gasteiger partial charge in [0.1, 0.15) is 11.6 Å². The summed E-state index contributed by atoms with van der Waals surface area (Å²) in [6, 6.07) is 8.40. The van der Waals surface area contributed by atoms with Crippen LogP contribution in [0.5, 0.6) is 5.75 Å². The van der Waals surface area contributed by atoms with Gasteiger partial charge in [0.15, 0.2) is 0 Å². The average Bonchev–Trinajstić information content (AvgIpc) is 2.69. The molecule has 1 aromatic heterocycles. The summed E-state index contributed by atoms with van der Waals surface area (Å²) in [4.78, 5) is 20.8. The SMILES string of the molecule is CNc1ccc(C(=O)N2CCN(Cc3ncccc3F)CC2)cc1OC. The Morgan fingerprint density at radius 2 is 2.04 bits per heavy atom. The van der Waals surface area contributed by atoms with Gasteiger partial charge in [-0.1, -0.05) is 0 Å².